The second-order valence-corrected chi connectivity index (χ2v) is 5.14. The van der Waals surface area contributed by atoms with Gasteiger partial charge < -0.3 is 10.2 Å². The van der Waals surface area contributed by atoms with E-state index in [9.17, 15) is 4.79 Å². The van der Waals surface area contributed by atoms with Crippen molar-refractivity contribution in [2.75, 3.05) is 14.1 Å². The van der Waals surface area contributed by atoms with Gasteiger partial charge >= 0.3 is 6.03 Å². The van der Waals surface area contributed by atoms with E-state index in [0.717, 1.165) is 6.42 Å². The highest BCUT2D eigenvalue weighted by Crippen LogP contribution is 2.47. The molecule has 0 aromatic carbocycles. The normalized spacial score (nSPS) is 39.9. The fraction of sp³-hybridized carbons (Fsp3) is 0.900. The van der Waals surface area contributed by atoms with Crippen molar-refractivity contribution in [3.63, 3.8) is 0 Å². The van der Waals surface area contributed by atoms with Gasteiger partial charge in [0.1, 0.15) is 0 Å². The van der Waals surface area contributed by atoms with Crippen molar-refractivity contribution in [2.24, 2.45) is 11.8 Å². The van der Waals surface area contributed by atoms with Gasteiger partial charge in [0.05, 0.1) is 0 Å². The van der Waals surface area contributed by atoms with Gasteiger partial charge in [0, 0.05) is 25.5 Å². The first-order valence-corrected chi connectivity index (χ1v) is 5.65. The van der Waals surface area contributed by atoms with E-state index in [4.69, 9.17) is 11.6 Å². The summed E-state index contributed by atoms with van der Waals surface area (Å²) < 4.78 is 0. The first kappa shape index (κ1) is 10.1. The van der Waals surface area contributed by atoms with Crippen LogP contribution in [0, 0.1) is 11.8 Å². The second kappa shape index (κ2) is 3.61. The summed E-state index contributed by atoms with van der Waals surface area (Å²) in [7, 11) is 3.53. The summed E-state index contributed by atoms with van der Waals surface area (Å²) in [4.78, 5) is 13.0. The summed E-state index contributed by atoms with van der Waals surface area (Å²) in [5, 5.41) is 3.34. The standard InChI is InChI=1S/C10H17ClN2O/c1-13(2)10(14)12-8-5-6-3-4-7(8)9(6)11/h6-9H,3-5H2,1-2H3,(H,12,14). The molecule has 4 heteroatoms. The molecule has 0 spiro atoms. The van der Waals surface area contributed by atoms with Gasteiger partial charge in [-0.2, -0.15) is 0 Å². The fourth-order valence-corrected chi connectivity index (χ4v) is 3.23. The molecule has 2 fully saturated rings. The molecule has 14 heavy (non-hydrogen) atoms. The van der Waals surface area contributed by atoms with E-state index in [2.05, 4.69) is 5.32 Å². The van der Waals surface area contributed by atoms with E-state index >= 15 is 0 Å². The predicted molar refractivity (Wildman–Crippen MR) is 56.5 cm³/mol. The summed E-state index contributed by atoms with van der Waals surface area (Å²) >= 11 is 6.27. The molecule has 2 bridgehead atoms. The third kappa shape index (κ3) is 1.58. The number of nitrogens with one attached hydrogen (secondary N) is 1. The molecule has 0 saturated heterocycles. The van der Waals surface area contributed by atoms with Crippen LogP contribution in [0.25, 0.3) is 0 Å². The summed E-state index contributed by atoms with van der Waals surface area (Å²) in [5.74, 6) is 1.14. The smallest absolute Gasteiger partial charge is 0.317 e. The summed E-state index contributed by atoms with van der Waals surface area (Å²) in [5.41, 5.74) is 0. The zero-order chi connectivity index (χ0) is 10.3. The second-order valence-electron chi connectivity index (χ2n) is 4.63. The van der Waals surface area contributed by atoms with E-state index in [1.54, 1.807) is 19.0 Å². The van der Waals surface area contributed by atoms with Crippen molar-refractivity contribution in [1.29, 1.82) is 0 Å². The number of rotatable bonds is 1. The van der Waals surface area contributed by atoms with Gasteiger partial charge in [-0.05, 0) is 31.1 Å². The number of hydrogen-bond donors (Lipinski definition) is 1. The van der Waals surface area contributed by atoms with Gasteiger partial charge in [0.2, 0.25) is 0 Å². The lowest BCUT2D eigenvalue weighted by molar-refractivity contribution is 0.207. The molecule has 4 atom stereocenters. The van der Waals surface area contributed by atoms with E-state index in [0.29, 0.717) is 23.3 Å². The molecule has 4 unspecified atom stereocenters. The van der Waals surface area contributed by atoms with Crippen LogP contribution in [0.5, 0.6) is 0 Å². The molecule has 0 aromatic heterocycles. The largest absolute Gasteiger partial charge is 0.335 e. The molecule has 2 saturated carbocycles. The molecule has 0 aromatic rings. The van der Waals surface area contributed by atoms with Crippen LogP contribution in [0.2, 0.25) is 0 Å². The lowest BCUT2D eigenvalue weighted by Crippen LogP contribution is -2.44. The minimum atomic E-state index is 0.00594. The number of hydrogen-bond acceptors (Lipinski definition) is 1. The van der Waals surface area contributed by atoms with Crippen LogP contribution < -0.4 is 5.32 Å². The lowest BCUT2D eigenvalue weighted by Gasteiger charge is -2.24. The molecule has 2 aliphatic rings. The van der Waals surface area contributed by atoms with E-state index < -0.39 is 0 Å². The quantitative estimate of drug-likeness (QED) is 0.665. The maximum absolute atomic E-state index is 11.5. The molecular weight excluding hydrogens is 200 g/mol. The molecule has 3 nitrogen and oxygen atoms in total. The Kier molecular flexibility index (Phi) is 2.60. The van der Waals surface area contributed by atoms with E-state index in [-0.39, 0.29) is 6.03 Å². The number of amides is 2. The number of nitrogens with zero attached hydrogens (tertiary/aromatic N) is 1. The van der Waals surface area contributed by atoms with Crippen LogP contribution >= 0.6 is 11.6 Å². The molecule has 0 heterocycles. The minimum absolute atomic E-state index is 0.00594. The first-order chi connectivity index (χ1) is 6.59. The number of carbonyl (C=O) groups excluding carboxylic acids is 1. The Bertz CT molecular complexity index is 244. The Morgan fingerprint density at radius 1 is 1.43 bits per heavy atom. The molecule has 2 amide bonds. The minimum Gasteiger partial charge on any atom is -0.335 e. The van der Waals surface area contributed by atoms with Crippen molar-refractivity contribution in [3.05, 3.63) is 0 Å². The lowest BCUT2D eigenvalue weighted by atomic mass is 9.95. The predicted octanol–water partition coefficient (Wildman–Crippen LogP) is 1.66. The van der Waals surface area contributed by atoms with Crippen molar-refractivity contribution < 1.29 is 4.79 Å². The van der Waals surface area contributed by atoms with E-state index in [1.165, 1.54) is 12.8 Å². The van der Waals surface area contributed by atoms with Crippen LogP contribution in [0.1, 0.15) is 19.3 Å². The van der Waals surface area contributed by atoms with Crippen molar-refractivity contribution in [1.82, 2.24) is 10.2 Å². The highest BCUT2D eigenvalue weighted by atomic mass is 35.5. The van der Waals surface area contributed by atoms with Crippen LogP contribution in [0.3, 0.4) is 0 Å². The van der Waals surface area contributed by atoms with Gasteiger partial charge in [-0.25, -0.2) is 4.79 Å². The number of alkyl halides is 1. The van der Waals surface area contributed by atoms with Crippen molar-refractivity contribution in [3.8, 4) is 0 Å². The Morgan fingerprint density at radius 2 is 2.14 bits per heavy atom. The maximum Gasteiger partial charge on any atom is 0.317 e. The highest BCUT2D eigenvalue weighted by Gasteiger charge is 2.47. The van der Waals surface area contributed by atoms with Crippen molar-refractivity contribution in [2.45, 2.75) is 30.7 Å². The highest BCUT2D eigenvalue weighted by molar-refractivity contribution is 6.21. The van der Waals surface area contributed by atoms with E-state index in [1.807, 2.05) is 0 Å². The molecule has 0 aliphatic heterocycles. The van der Waals surface area contributed by atoms with Gasteiger partial charge in [-0.3, -0.25) is 0 Å². The average Bonchev–Trinajstić information content (AvgIpc) is 2.61. The van der Waals surface area contributed by atoms with Gasteiger partial charge in [-0.1, -0.05) is 0 Å². The van der Waals surface area contributed by atoms with Crippen LogP contribution in [0.4, 0.5) is 4.79 Å². The molecule has 0 radical (unpaired) electrons. The molecule has 80 valence electrons. The number of fused-ring (bicyclic) bond motifs is 2. The third-order valence-corrected chi connectivity index (χ3v) is 4.20. The monoisotopic (exact) mass is 216 g/mol. The van der Waals surface area contributed by atoms with Crippen LogP contribution in [-0.2, 0) is 0 Å². The van der Waals surface area contributed by atoms with Gasteiger partial charge in [-0.15, -0.1) is 11.6 Å². The van der Waals surface area contributed by atoms with Crippen molar-refractivity contribution >= 4 is 17.6 Å². The first-order valence-electron chi connectivity index (χ1n) is 5.21. The van der Waals surface area contributed by atoms with Gasteiger partial charge in [0.15, 0.2) is 0 Å². The Labute approximate surface area is 89.8 Å². The molecule has 2 rings (SSSR count). The third-order valence-electron chi connectivity index (χ3n) is 3.52. The summed E-state index contributed by atoms with van der Waals surface area (Å²) in [6.07, 6.45) is 3.49. The van der Waals surface area contributed by atoms with Crippen LogP contribution in [0.15, 0.2) is 0 Å². The summed E-state index contributed by atoms with van der Waals surface area (Å²) in [6, 6.07) is 0.317. The molecule has 1 N–H and O–H groups in total. The fourth-order valence-electron chi connectivity index (χ4n) is 2.70. The Balaban J connectivity index is 1.92. The number of urea groups is 1. The zero-order valence-electron chi connectivity index (χ0n) is 8.66. The topological polar surface area (TPSA) is 32.3 Å². The Morgan fingerprint density at radius 3 is 2.57 bits per heavy atom. The van der Waals surface area contributed by atoms with Gasteiger partial charge in [0.25, 0.3) is 0 Å². The SMILES string of the molecule is CN(C)C(=O)NC1CC2CCC1C2Cl. The zero-order valence-corrected chi connectivity index (χ0v) is 9.42. The maximum atomic E-state index is 11.5. The Hall–Kier alpha value is -0.440. The average molecular weight is 217 g/mol. The molecule has 2 aliphatic carbocycles. The summed E-state index contributed by atoms with van der Waals surface area (Å²) in [6.45, 7) is 0. The molecular formula is C10H17ClN2O. The number of halogens is 1. The number of carbonyl (C=O) groups is 1. The van der Waals surface area contributed by atoms with Crippen LogP contribution in [-0.4, -0.2) is 36.4 Å².